The molecule has 3 heterocycles. The Kier molecular flexibility index (Phi) is 3.27. The van der Waals surface area contributed by atoms with Gasteiger partial charge in [-0.2, -0.15) is 10.2 Å². The summed E-state index contributed by atoms with van der Waals surface area (Å²) >= 11 is 0. The lowest BCUT2D eigenvalue weighted by Gasteiger charge is -2.04. The monoisotopic (exact) mass is 395 g/mol. The van der Waals surface area contributed by atoms with Gasteiger partial charge in [0.05, 0.1) is 5.52 Å². The molecule has 4 aromatic rings. The van der Waals surface area contributed by atoms with Crippen LogP contribution in [0.3, 0.4) is 0 Å². The minimum atomic E-state index is -3.65. The maximum atomic E-state index is 13.3. The SMILES string of the molecule is FC1(F)Oc2ccc(-c3n[nH]c4ccc(-c5n[nH]c(CC6CC6)n5)cc34)cc2O1. The summed E-state index contributed by atoms with van der Waals surface area (Å²) in [5.74, 6) is 2.23. The number of H-pyrrole nitrogens is 2. The maximum absolute atomic E-state index is 13.3. The van der Waals surface area contributed by atoms with Crippen molar-refractivity contribution in [2.24, 2.45) is 5.92 Å². The van der Waals surface area contributed by atoms with E-state index >= 15 is 0 Å². The smallest absolute Gasteiger partial charge is 0.395 e. The molecular weight excluding hydrogens is 380 g/mol. The molecule has 1 aliphatic carbocycles. The van der Waals surface area contributed by atoms with Gasteiger partial charge < -0.3 is 9.47 Å². The van der Waals surface area contributed by atoms with Gasteiger partial charge in [-0.25, -0.2) is 4.98 Å². The Morgan fingerprint density at radius 3 is 2.66 bits per heavy atom. The lowest BCUT2D eigenvalue weighted by Crippen LogP contribution is -2.25. The summed E-state index contributed by atoms with van der Waals surface area (Å²) in [5, 5.41) is 15.5. The molecule has 6 rings (SSSR count). The van der Waals surface area contributed by atoms with Crippen LogP contribution in [0.5, 0.6) is 11.5 Å². The van der Waals surface area contributed by atoms with Crippen molar-refractivity contribution in [1.82, 2.24) is 25.4 Å². The number of fused-ring (bicyclic) bond motifs is 2. The number of benzene rings is 2. The van der Waals surface area contributed by atoms with Crippen LogP contribution in [0, 0.1) is 5.92 Å². The lowest BCUT2D eigenvalue weighted by molar-refractivity contribution is -0.286. The van der Waals surface area contributed by atoms with E-state index in [0.717, 1.165) is 34.6 Å². The molecule has 1 fully saturated rings. The molecule has 29 heavy (non-hydrogen) atoms. The van der Waals surface area contributed by atoms with Crippen molar-refractivity contribution >= 4 is 10.9 Å². The molecule has 0 radical (unpaired) electrons. The molecule has 2 aliphatic rings. The van der Waals surface area contributed by atoms with Crippen LogP contribution in [-0.2, 0) is 6.42 Å². The second-order valence-electron chi connectivity index (χ2n) is 7.41. The first-order valence-corrected chi connectivity index (χ1v) is 9.34. The number of aromatic amines is 2. The number of nitrogens with zero attached hydrogens (tertiary/aromatic N) is 3. The van der Waals surface area contributed by atoms with Gasteiger partial charge in [-0.3, -0.25) is 10.2 Å². The molecular formula is C20H15F2N5O2. The molecule has 0 saturated heterocycles. The zero-order valence-electron chi connectivity index (χ0n) is 15.1. The van der Waals surface area contributed by atoms with Gasteiger partial charge in [0.15, 0.2) is 17.3 Å². The highest BCUT2D eigenvalue weighted by Crippen LogP contribution is 2.43. The van der Waals surface area contributed by atoms with E-state index in [-0.39, 0.29) is 11.5 Å². The van der Waals surface area contributed by atoms with E-state index in [4.69, 9.17) is 0 Å². The van der Waals surface area contributed by atoms with Crippen molar-refractivity contribution in [2.75, 3.05) is 0 Å². The minimum absolute atomic E-state index is 0.00296. The van der Waals surface area contributed by atoms with Crippen molar-refractivity contribution in [1.29, 1.82) is 0 Å². The Labute approximate surface area is 163 Å². The van der Waals surface area contributed by atoms with Crippen LogP contribution < -0.4 is 9.47 Å². The van der Waals surface area contributed by atoms with Gasteiger partial charge in [-0.05, 0) is 55.2 Å². The molecule has 0 atom stereocenters. The van der Waals surface area contributed by atoms with Gasteiger partial charge in [0, 0.05) is 22.9 Å². The first-order chi connectivity index (χ1) is 14.0. The van der Waals surface area contributed by atoms with Crippen molar-refractivity contribution < 1.29 is 18.3 Å². The molecule has 146 valence electrons. The predicted molar refractivity (Wildman–Crippen MR) is 99.5 cm³/mol. The van der Waals surface area contributed by atoms with Crippen LogP contribution in [-0.4, -0.2) is 31.7 Å². The number of halogens is 2. The first kappa shape index (κ1) is 16.5. The summed E-state index contributed by atoms with van der Waals surface area (Å²) in [5.41, 5.74) is 2.93. The van der Waals surface area contributed by atoms with Gasteiger partial charge in [0.1, 0.15) is 11.5 Å². The fourth-order valence-electron chi connectivity index (χ4n) is 3.58. The average Bonchev–Trinajstić information content (AvgIpc) is 3.10. The Balaban J connectivity index is 1.38. The van der Waals surface area contributed by atoms with Crippen molar-refractivity contribution in [3.05, 3.63) is 42.2 Å². The zero-order chi connectivity index (χ0) is 19.6. The van der Waals surface area contributed by atoms with E-state index in [1.54, 1.807) is 6.07 Å². The van der Waals surface area contributed by atoms with Crippen LogP contribution in [0.4, 0.5) is 8.78 Å². The van der Waals surface area contributed by atoms with Gasteiger partial charge in [0.2, 0.25) is 0 Å². The molecule has 0 bridgehead atoms. The second kappa shape index (κ2) is 5.76. The Hall–Kier alpha value is -3.49. The summed E-state index contributed by atoms with van der Waals surface area (Å²) in [6, 6.07) is 10.4. The van der Waals surface area contributed by atoms with E-state index in [2.05, 4.69) is 34.9 Å². The van der Waals surface area contributed by atoms with Gasteiger partial charge in [-0.1, -0.05) is 0 Å². The normalized spacial score (nSPS) is 17.2. The second-order valence-corrected chi connectivity index (χ2v) is 7.41. The summed E-state index contributed by atoms with van der Waals surface area (Å²) in [7, 11) is 0. The lowest BCUT2D eigenvalue weighted by atomic mass is 10.0. The molecule has 9 heteroatoms. The third-order valence-electron chi connectivity index (χ3n) is 5.21. The van der Waals surface area contributed by atoms with Gasteiger partial charge in [0.25, 0.3) is 0 Å². The molecule has 1 aliphatic heterocycles. The summed E-state index contributed by atoms with van der Waals surface area (Å²) < 4.78 is 35.6. The average molecular weight is 395 g/mol. The molecule has 2 aromatic heterocycles. The molecule has 2 N–H and O–H groups in total. The van der Waals surface area contributed by atoms with Gasteiger partial charge in [-0.15, -0.1) is 8.78 Å². The highest BCUT2D eigenvalue weighted by atomic mass is 19.3. The molecule has 1 saturated carbocycles. The number of nitrogens with one attached hydrogen (secondary N) is 2. The maximum Gasteiger partial charge on any atom is 0.586 e. The largest absolute Gasteiger partial charge is 0.586 e. The number of rotatable bonds is 4. The van der Waals surface area contributed by atoms with E-state index in [0.29, 0.717) is 17.1 Å². The standard InChI is InChI=1S/C20H15F2N5O2/c21-20(22)28-15-6-4-11(9-16(15)29-20)18-13-8-12(3-5-14(13)24-26-18)19-23-17(25-27-19)7-10-1-2-10/h3-6,8-10H,1-2,7H2,(H,24,26)(H,23,25,27). The van der Waals surface area contributed by atoms with Crippen molar-refractivity contribution in [3.8, 4) is 34.1 Å². The minimum Gasteiger partial charge on any atom is -0.395 e. The quantitative estimate of drug-likeness (QED) is 0.538. The summed E-state index contributed by atoms with van der Waals surface area (Å²) in [6.07, 6.45) is -0.219. The number of aromatic nitrogens is 5. The topological polar surface area (TPSA) is 88.7 Å². The van der Waals surface area contributed by atoms with Gasteiger partial charge >= 0.3 is 6.29 Å². The molecule has 7 nitrogen and oxygen atoms in total. The molecule has 0 unspecified atom stereocenters. The van der Waals surface area contributed by atoms with Crippen LogP contribution in [0.25, 0.3) is 33.5 Å². The van der Waals surface area contributed by atoms with E-state index < -0.39 is 6.29 Å². The highest BCUT2D eigenvalue weighted by Gasteiger charge is 2.43. The fraction of sp³-hybridized carbons (Fsp3) is 0.250. The number of hydrogen-bond donors (Lipinski definition) is 2. The molecule has 0 spiro atoms. The number of alkyl halides is 2. The van der Waals surface area contributed by atoms with Crippen LogP contribution >= 0.6 is 0 Å². The third-order valence-corrected chi connectivity index (χ3v) is 5.21. The number of ether oxygens (including phenoxy) is 2. The van der Waals surface area contributed by atoms with Crippen LogP contribution in [0.2, 0.25) is 0 Å². The van der Waals surface area contributed by atoms with E-state index in [9.17, 15) is 8.78 Å². The first-order valence-electron chi connectivity index (χ1n) is 9.34. The summed E-state index contributed by atoms with van der Waals surface area (Å²) in [6.45, 7) is 0. The van der Waals surface area contributed by atoms with Crippen LogP contribution in [0.1, 0.15) is 18.7 Å². The van der Waals surface area contributed by atoms with E-state index in [1.807, 2.05) is 18.2 Å². The zero-order valence-corrected chi connectivity index (χ0v) is 15.1. The molecule has 2 aromatic carbocycles. The van der Waals surface area contributed by atoms with Crippen molar-refractivity contribution in [3.63, 3.8) is 0 Å². The number of hydrogen-bond acceptors (Lipinski definition) is 5. The van der Waals surface area contributed by atoms with Crippen LogP contribution in [0.15, 0.2) is 36.4 Å². The molecule has 0 amide bonds. The predicted octanol–water partition coefficient (Wildman–Crippen LogP) is 4.29. The third kappa shape index (κ3) is 2.89. The van der Waals surface area contributed by atoms with Crippen molar-refractivity contribution in [2.45, 2.75) is 25.6 Å². The Morgan fingerprint density at radius 2 is 1.79 bits per heavy atom. The highest BCUT2D eigenvalue weighted by molar-refractivity contribution is 5.95. The fourth-order valence-corrected chi connectivity index (χ4v) is 3.58. The Bertz CT molecular complexity index is 1240. The Morgan fingerprint density at radius 1 is 0.966 bits per heavy atom. The summed E-state index contributed by atoms with van der Waals surface area (Å²) in [4.78, 5) is 4.60. The van der Waals surface area contributed by atoms with E-state index in [1.165, 1.54) is 25.0 Å².